The maximum Gasteiger partial charge on any atom is 0.144 e. The molecule has 0 amide bonds. The van der Waals surface area contributed by atoms with Crippen LogP contribution in [0.2, 0.25) is 0 Å². The predicted molar refractivity (Wildman–Crippen MR) is 160 cm³/mol. The molecular weight excluding hydrogens is 470 g/mol. The first-order valence-corrected chi connectivity index (χ1v) is 13.6. The van der Waals surface area contributed by atoms with Crippen molar-refractivity contribution in [2.24, 2.45) is 5.41 Å². The highest BCUT2D eigenvalue weighted by molar-refractivity contribution is 7.19. The molecule has 3 aromatic carbocycles. The number of fused-ring (bicyclic) bond motifs is 5. The van der Waals surface area contributed by atoms with E-state index in [1.54, 1.807) is 11.3 Å². The highest BCUT2D eigenvalue weighted by atomic mass is 32.1. The lowest BCUT2D eigenvalue weighted by Crippen LogP contribution is -2.11. The predicted octanol–water partition coefficient (Wildman–Crippen LogP) is 10.4. The zero-order valence-corrected chi connectivity index (χ0v) is 23.4. The van der Waals surface area contributed by atoms with Gasteiger partial charge in [-0.25, -0.2) is 0 Å². The number of rotatable bonds is 3. The third-order valence-corrected chi connectivity index (χ3v) is 8.41. The van der Waals surface area contributed by atoms with Crippen molar-refractivity contribution in [1.82, 2.24) is 4.98 Å². The van der Waals surface area contributed by atoms with Crippen LogP contribution < -0.4 is 0 Å². The molecule has 6 aromatic rings. The van der Waals surface area contributed by atoms with Gasteiger partial charge in [0.25, 0.3) is 0 Å². The van der Waals surface area contributed by atoms with E-state index in [0.29, 0.717) is 11.3 Å². The van der Waals surface area contributed by atoms with Gasteiger partial charge in [-0.15, -0.1) is 11.3 Å². The minimum Gasteiger partial charge on any atom is -0.455 e. The first kappa shape index (κ1) is 21.6. The zero-order chi connectivity index (χ0) is 27.9. The number of aryl methyl sites for hydroxylation is 4. The third-order valence-electron chi connectivity index (χ3n) is 7.23. The first-order chi connectivity index (χ1) is 18.4. The van der Waals surface area contributed by atoms with Gasteiger partial charge in [0.2, 0.25) is 0 Å². The zero-order valence-electron chi connectivity index (χ0n) is 24.5. The van der Waals surface area contributed by atoms with E-state index in [9.17, 15) is 2.74 Å². The van der Waals surface area contributed by atoms with Crippen molar-refractivity contribution in [3.8, 4) is 22.4 Å². The van der Waals surface area contributed by atoms with Gasteiger partial charge in [-0.3, -0.25) is 4.98 Å². The average Bonchev–Trinajstić information content (AvgIpc) is 3.40. The molecule has 0 atom stereocenters. The largest absolute Gasteiger partial charge is 0.455 e. The Morgan fingerprint density at radius 3 is 2.30 bits per heavy atom. The fraction of sp³-hybridized carbons (Fsp3) is 0.265. The van der Waals surface area contributed by atoms with Crippen molar-refractivity contribution >= 4 is 43.4 Å². The number of pyridine rings is 1. The minimum atomic E-state index is -1.60. The lowest BCUT2D eigenvalue weighted by Gasteiger charge is -2.22. The van der Waals surface area contributed by atoms with Crippen LogP contribution in [0.15, 0.2) is 65.2 Å². The number of hydrogen-bond donors (Lipinski definition) is 0. The molecule has 0 N–H and O–H groups in total. The van der Waals surface area contributed by atoms with Crippen LogP contribution >= 0.6 is 11.3 Å². The van der Waals surface area contributed by atoms with Crippen molar-refractivity contribution in [1.29, 1.82) is 0 Å². The maximum absolute atomic E-state index is 9.29. The van der Waals surface area contributed by atoms with E-state index >= 15 is 0 Å². The summed E-state index contributed by atoms with van der Waals surface area (Å²) >= 11 is 1.80. The Morgan fingerprint density at radius 1 is 0.865 bits per heavy atom. The highest BCUT2D eigenvalue weighted by Crippen LogP contribution is 2.43. The molecule has 0 saturated heterocycles. The number of benzene rings is 3. The van der Waals surface area contributed by atoms with Crippen LogP contribution in [0.1, 0.15) is 50.6 Å². The second-order valence-electron chi connectivity index (χ2n) is 11.1. The molecule has 0 saturated carbocycles. The van der Waals surface area contributed by atoms with Crippen molar-refractivity contribution in [2.75, 3.05) is 0 Å². The van der Waals surface area contributed by atoms with E-state index in [2.05, 4.69) is 58.0 Å². The fourth-order valence-electron chi connectivity index (χ4n) is 5.45. The number of hydrogen-bond acceptors (Lipinski definition) is 3. The van der Waals surface area contributed by atoms with Gasteiger partial charge in [0.15, 0.2) is 0 Å². The minimum absolute atomic E-state index is 0.623. The van der Waals surface area contributed by atoms with E-state index in [1.807, 2.05) is 51.2 Å². The molecule has 2 nitrogen and oxygen atoms in total. The Morgan fingerprint density at radius 2 is 1.57 bits per heavy atom. The van der Waals surface area contributed by atoms with Gasteiger partial charge in [0, 0.05) is 45.8 Å². The highest BCUT2D eigenvalue weighted by Gasteiger charge is 2.21. The molecule has 0 spiro atoms. The van der Waals surface area contributed by atoms with Crippen LogP contribution in [0, 0.1) is 33.1 Å². The number of furan rings is 1. The van der Waals surface area contributed by atoms with Gasteiger partial charge in [0.05, 0.1) is 5.69 Å². The molecule has 0 aliphatic heterocycles. The molecule has 0 aliphatic rings. The molecule has 0 unspecified atom stereocenters. The Kier molecular flexibility index (Phi) is 5.01. The second-order valence-corrected chi connectivity index (χ2v) is 12.4. The lowest BCUT2D eigenvalue weighted by molar-refractivity contribution is 0.411. The monoisotopic (exact) mass is 505 g/mol. The Labute approximate surface area is 225 Å². The molecule has 0 radical (unpaired) electrons. The van der Waals surface area contributed by atoms with Crippen molar-refractivity contribution < 1.29 is 7.16 Å². The van der Waals surface area contributed by atoms with Crippen molar-refractivity contribution in [2.45, 2.75) is 54.8 Å². The molecule has 37 heavy (non-hydrogen) atoms. The number of aromatic nitrogens is 1. The van der Waals surface area contributed by atoms with Crippen LogP contribution in [0.4, 0.5) is 0 Å². The second kappa shape index (κ2) is 8.56. The van der Waals surface area contributed by atoms with Crippen LogP contribution in [-0.4, -0.2) is 4.98 Å². The molecule has 186 valence electrons. The van der Waals surface area contributed by atoms with Gasteiger partial charge in [-0.2, -0.15) is 0 Å². The maximum atomic E-state index is 9.29. The lowest BCUT2D eigenvalue weighted by atomic mass is 9.83. The van der Waals surface area contributed by atoms with E-state index < -0.39 is 11.8 Å². The van der Waals surface area contributed by atoms with Crippen molar-refractivity contribution in [3.05, 3.63) is 87.9 Å². The van der Waals surface area contributed by atoms with Gasteiger partial charge >= 0.3 is 0 Å². The number of para-hydroxylation sites is 1. The summed E-state index contributed by atoms with van der Waals surface area (Å²) in [6.07, 6.45) is 0.254. The summed E-state index contributed by atoms with van der Waals surface area (Å²) in [5.74, 6) is 0. The van der Waals surface area contributed by atoms with E-state index in [1.165, 1.54) is 20.5 Å². The quantitative estimate of drug-likeness (QED) is 0.239. The third kappa shape index (κ3) is 3.97. The summed E-state index contributed by atoms with van der Waals surface area (Å²) in [5.41, 5.74) is 8.70. The van der Waals surface area contributed by atoms with Gasteiger partial charge in [0.1, 0.15) is 11.2 Å². The fourth-order valence-corrected chi connectivity index (χ4v) is 6.52. The summed E-state index contributed by atoms with van der Waals surface area (Å²) < 4.78 is 26.5. The van der Waals surface area contributed by atoms with Crippen LogP contribution in [0.25, 0.3) is 54.4 Å². The SMILES string of the molecule is [2H]C([2H])(c1cc(-c2cccc3c2oc2c3ccc3sc(C)c(C)c32)ncc1-c1c(C)cccc1C)C(C)(C)C. The van der Waals surface area contributed by atoms with Crippen LogP contribution in [0.3, 0.4) is 0 Å². The Hall–Kier alpha value is -3.43. The van der Waals surface area contributed by atoms with E-state index in [0.717, 1.165) is 49.8 Å². The van der Waals surface area contributed by atoms with Gasteiger partial charge in [-0.05, 0) is 91.6 Å². The summed E-state index contributed by atoms with van der Waals surface area (Å²) in [7, 11) is 0. The molecule has 6 rings (SSSR count). The van der Waals surface area contributed by atoms with Gasteiger partial charge in [-0.1, -0.05) is 51.1 Å². The molecule has 0 aliphatic carbocycles. The normalized spacial score (nSPS) is 13.5. The standard InChI is InChI=1S/C34H33NOS/c1-19-10-8-11-20(2)30(19)27-18-35-28(16-23(27)17-34(5,6)7)26-13-9-12-24-25-14-15-29-31(21(3)22(4)37-29)33(25)36-32(24)26/h8-16,18H,17H2,1-7H3/i17D2. The molecule has 3 heterocycles. The van der Waals surface area contributed by atoms with Crippen LogP contribution in [-0.2, 0) is 6.37 Å². The average molecular weight is 506 g/mol. The van der Waals surface area contributed by atoms with Crippen molar-refractivity contribution in [3.63, 3.8) is 0 Å². The number of thiophene rings is 1. The summed E-state index contributed by atoms with van der Waals surface area (Å²) in [6, 6.07) is 18.7. The summed E-state index contributed by atoms with van der Waals surface area (Å²) in [4.78, 5) is 6.25. The molecule has 0 fully saturated rings. The van der Waals surface area contributed by atoms with Crippen LogP contribution in [0.5, 0.6) is 0 Å². The van der Waals surface area contributed by atoms with E-state index in [4.69, 9.17) is 9.40 Å². The Bertz CT molecular complexity index is 1900. The Balaban J connectivity index is 1.65. The molecule has 3 heteroatoms. The smallest absolute Gasteiger partial charge is 0.144 e. The first-order valence-electron chi connectivity index (χ1n) is 13.8. The topological polar surface area (TPSA) is 26.0 Å². The van der Waals surface area contributed by atoms with Gasteiger partial charge < -0.3 is 4.42 Å². The summed E-state index contributed by atoms with van der Waals surface area (Å²) in [5, 5.41) is 3.33. The molecular formula is C34H33NOS. The molecule has 3 aromatic heterocycles. The molecule has 0 bridgehead atoms. The number of nitrogens with zero attached hydrogens (tertiary/aromatic N) is 1. The summed E-state index contributed by atoms with van der Waals surface area (Å²) in [6.45, 7) is 14.4. The van der Waals surface area contributed by atoms with E-state index in [-0.39, 0.29) is 0 Å².